The van der Waals surface area contributed by atoms with Crippen LogP contribution in [0.25, 0.3) is 0 Å². The summed E-state index contributed by atoms with van der Waals surface area (Å²) >= 11 is 0. The summed E-state index contributed by atoms with van der Waals surface area (Å²) in [6.07, 6.45) is 0.884. The minimum atomic E-state index is -0.225. The highest BCUT2D eigenvalue weighted by atomic mass is 16.5. The Hall–Kier alpha value is -1.26. The second-order valence-corrected chi connectivity index (χ2v) is 6.01. The van der Waals surface area contributed by atoms with Gasteiger partial charge in [0.15, 0.2) is 11.5 Å². The van der Waals surface area contributed by atoms with Crippen molar-refractivity contribution >= 4 is 0 Å². The highest BCUT2D eigenvalue weighted by molar-refractivity contribution is 5.46. The van der Waals surface area contributed by atoms with Crippen LogP contribution in [0.3, 0.4) is 0 Å². The lowest BCUT2D eigenvalue weighted by atomic mass is 9.71. The maximum Gasteiger partial charge on any atom is 0.161 e. The average molecular weight is 265 g/mol. The molecule has 0 aliphatic carbocycles. The minimum Gasteiger partial charge on any atom is -0.493 e. The van der Waals surface area contributed by atoms with Gasteiger partial charge < -0.3 is 19.9 Å². The lowest BCUT2D eigenvalue weighted by Gasteiger charge is -2.45. The van der Waals surface area contributed by atoms with Gasteiger partial charge in [-0.15, -0.1) is 0 Å². The van der Waals surface area contributed by atoms with Crippen LogP contribution in [0.5, 0.6) is 11.5 Å². The zero-order valence-corrected chi connectivity index (χ0v) is 12.2. The summed E-state index contributed by atoms with van der Waals surface area (Å²) in [7, 11) is 3.29. The summed E-state index contributed by atoms with van der Waals surface area (Å²) < 4.78 is 16.1. The Bertz CT molecular complexity index is 447. The van der Waals surface area contributed by atoms with Crippen molar-refractivity contribution in [2.45, 2.75) is 31.2 Å². The Labute approximate surface area is 114 Å². The van der Waals surface area contributed by atoms with E-state index in [1.807, 2.05) is 26.0 Å². The zero-order chi connectivity index (χ0) is 14.1. The second kappa shape index (κ2) is 5.02. The fraction of sp³-hybridized carbons (Fsp3) is 0.600. The molecule has 19 heavy (non-hydrogen) atoms. The zero-order valence-electron chi connectivity index (χ0n) is 12.2. The molecule has 0 spiro atoms. The predicted octanol–water partition coefficient (Wildman–Crippen LogP) is 2.10. The summed E-state index contributed by atoms with van der Waals surface area (Å²) in [5.41, 5.74) is 7.16. The van der Waals surface area contributed by atoms with Crippen LogP contribution >= 0.6 is 0 Å². The van der Waals surface area contributed by atoms with Gasteiger partial charge in [-0.05, 0) is 38.0 Å². The van der Waals surface area contributed by atoms with E-state index in [-0.39, 0.29) is 11.0 Å². The van der Waals surface area contributed by atoms with E-state index in [4.69, 9.17) is 19.9 Å². The number of nitrogens with two attached hydrogens (primary N) is 1. The SMILES string of the molecule is COc1ccc(C2(CC(C)(C)N)COC2)cc1OC. The quantitative estimate of drug-likeness (QED) is 0.886. The van der Waals surface area contributed by atoms with Gasteiger partial charge in [0.05, 0.1) is 27.4 Å². The van der Waals surface area contributed by atoms with Crippen molar-refractivity contribution < 1.29 is 14.2 Å². The Balaban J connectivity index is 2.33. The number of hydrogen-bond acceptors (Lipinski definition) is 4. The van der Waals surface area contributed by atoms with Gasteiger partial charge in [-0.25, -0.2) is 0 Å². The van der Waals surface area contributed by atoms with E-state index in [1.54, 1.807) is 14.2 Å². The fourth-order valence-corrected chi connectivity index (χ4v) is 2.76. The third kappa shape index (κ3) is 2.85. The van der Waals surface area contributed by atoms with Crippen molar-refractivity contribution in [3.05, 3.63) is 23.8 Å². The molecular weight excluding hydrogens is 242 g/mol. The van der Waals surface area contributed by atoms with Gasteiger partial charge in [0.2, 0.25) is 0 Å². The highest BCUT2D eigenvalue weighted by Gasteiger charge is 2.43. The molecule has 4 heteroatoms. The maximum atomic E-state index is 6.18. The van der Waals surface area contributed by atoms with Gasteiger partial charge in [0.1, 0.15) is 0 Å². The molecule has 0 radical (unpaired) electrons. The van der Waals surface area contributed by atoms with E-state index in [9.17, 15) is 0 Å². The molecule has 4 nitrogen and oxygen atoms in total. The lowest BCUT2D eigenvalue weighted by Crippen LogP contribution is -2.53. The van der Waals surface area contributed by atoms with E-state index >= 15 is 0 Å². The summed E-state index contributed by atoms with van der Waals surface area (Å²) in [4.78, 5) is 0. The van der Waals surface area contributed by atoms with Gasteiger partial charge in [0, 0.05) is 11.0 Å². The van der Waals surface area contributed by atoms with Crippen LogP contribution in [0.2, 0.25) is 0 Å². The standard InChI is InChI=1S/C15H23NO3/c1-14(2,16)8-15(9-19-10-15)11-5-6-12(17-3)13(7-11)18-4/h5-7H,8-10,16H2,1-4H3. The molecule has 0 bridgehead atoms. The van der Waals surface area contributed by atoms with Gasteiger partial charge in [-0.1, -0.05) is 6.07 Å². The number of ether oxygens (including phenoxy) is 3. The number of rotatable bonds is 5. The maximum absolute atomic E-state index is 6.18. The molecule has 1 aromatic rings. The average Bonchev–Trinajstić information content (AvgIpc) is 2.32. The van der Waals surface area contributed by atoms with Gasteiger partial charge in [-0.2, -0.15) is 0 Å². The Kier molecular flexibility index (Phi) is 3.74. The van der Waals surface area contributed by atoms with Crippen molar-refractivity contribution in [3.63, 3.8) is 0 Å². The van der Waals surface area contributed by atoms with Crippen LogP contribution < -0.4 is 15.2 Å². The van der Waals surface area contributed by atoms with E-state index in [0.29, 0.717) is 13.2 Å². The van der Waals surface area contributed by atoms with Crippen LogP contribution in [-0.4, -0.2) is 33.0 Å². The number of hydrogen-bond donors (Lipinski definition) is 1. The smallest absolute Gasteiger partial charge is 0.161 e. The van der Waals surface area contributed by atoms with Gasteiger partial charge in [0.25, 0.3) is 0 Å². The molecule has 1 fully saturated rings. The van der Waals surface area contributed by atoms with Gasteiger partial charge >= 0.3 is 0 Å². The molecule has 1 heterocycles. The summed E-state index contributed by atoms with van der Waals surface area (Å²) in [6.45, 7) is 5.52. The normalized spacial score (nSPS) is 17.7. The molecule has 0 saturated carbocycles. The van der Waals surface area contributed by atoms with Gasteiger partial charge in [-0.3, -0.25) is 0 Å². The highest BCUT2D eigenvalue weighted by Crippen LogP contribution is 2.41. The number of benzene rings is 1. The summed E-state index contributed by atoms with van der Waals surface area (Å²) in [5, 5.41) is 0. The van der Waals surface area contributed by atoms with Crippen molar-refractivity contribution in [3.8, 4) is 11.5 Å². The monoisotopic (exact) mass is 265 g/mol. The molecule has 106 valence electrons. The molecule has 1 aromatic carbocycles. The van der Waals surface area contributed by atoms with Crippen LogP contribution in [0.4, 0.5) is 0 Å². The molecule has 0 atom stereocenters. The lowest BCUT2D eigenvalue weighted by molar-refractivity contribution is -0.0719. The van der Waals surface area contributed by atoms with Crippen LogP contribution in [0.15, 0.2) is 18.2 Å². The molecule has 1 aliphatic heterocycles. The molecule has 0 unspecified atom stereocenters. The second-order valence-electron chi connectivity index (χ2n) is 6.01. The molecular formula is C15H23NO3. The minimum absolute atomic E-state index is 0.00218. The molecule has 0 amide bonds. The van der Waals surface area contributed by atoms with Crippen molar-refractivity contribution in [1.82, 2.24) is 0 Å². The van der Waals surface area contributed by atoms with Crippen LogP contribution in [0.1, 0.15) is 25.8 Å². The van der Waals surface area contributed by atoms with E-state index in [0.717, 1.165) is 17.9 Å². The summed E-state index contributed by atoms with van der Waals surface area (Å²) in [5.74, 6) is 1.50. The molecule has 2 rings (SSSR count). The molecule has 1 aliphatic rings. The fourth-order valence-electron chi connectivity index (χ4n) is 2.76. The molecule has 2 N–H and O–H groups in total. The Morgan fingerprint density at radius 1 is 1.21 bits per heavy atom. The first kappa shape index (κ1) is 14.2. The van der Waals surface area contributed by atoms with E-state index < -0.39 is 0 Å². The topological polar surface area (TPSA) is 53.7 Å². The first-order valence-corrected chi connectivity index (χ1v) is 6.49. The molecule has 1 saturated heterocycles. The number of methoxy groups -OCH3 is 2. The van der Waals surface area contributed by atoms with Crippen LogP contribution in [-0.2, 0) is 10.2 Å². The third-order valence-electron chi connectivity index (χ3n) is 3.55. The predicted molar refractivity (Wildman–Crippen MR) is 74.9 cm³/mol. The summed E-state index contributed by atoms with van der Waals surface area (Å²) in [6, 6.07) is 6.06. The molecule has 0 aromatic heterocycles. The first-order chi connectivity index (χ1) is 8.90. The van der Waals surface area contributed by atoms with Crippen molar-refractivity contribution in [2.24, 2.45) is 5.73 Å². The first-order valence-electron chi connectivity index (χ1n) is 6.49. The third-order valence-corrected chi connectivity index (χ3v) is 3.55. The van der Waals surface area contributed by atoms with E-state index in [2.05, 4.69) is 6.07 Å². The Morgan fingerprint density at radius 3 is 2.26 bits per heavy atom. The Morgan fingerprint density at radius 2 is 1.84 bits per heavy atom. The van der Waals surface area contributed by atoms with Crippen LogP contribution in [0, 0.1) is 0 Å². The van der Waals surface area contributed by atoms with Crippen molar-refractivity contribution in [1.29, 1.82) is 0 Å². The van der Waals surface area contributed by atoms with E-state index in [1.165, 1.54) is 5.56 Å². The largest absolute Gasteiger partial charge is 0.493 e. The van der Waals surface area contributed by atoms with Crippen molar-refractivity contribution in [2.75, 3.05) is 27.4 Å².